The van der Waals surface area contributed by atoms with E-state index in [1.165, 1.54) is 0 Å². The van der Waals surface area contributed by atoms with Gasteiger partial charge in [0.25, 0.3) is 0 Å². The normalized spacial score (nSPS) is 11.5. The highest BCUT2D eigenvalue weighted by Gasteiger charge is 2.21. The summed E-state index contributed by atoms with van der Waals surface area (Å²) in [4.78, 5) is 61.7. The molecule has 0 radical (unpaired) electrons. The minimum Gasteiger partial charge on any atom is -0.248 e. The molecule has 12 nitrogen and oxygen atoms in total. The predicted molar refractivity (Wildman–Crippen MR) is 558 cm³/mol. The molecule has 0 unspecified atom stereocenters. The molecule has 0 saturated carbocycles. The maximum atomic E-state index is 5.33. The van der Waals surface area contributed by atoms with Crippen LogP contribution in [-0.2, 0) is 0 Å². The molecular weight excluding hydrogens is 1660 g/mol. The molecule has 26 aromatic rings. The average molecular weight is 1730 g/mol. The van der Waals surface area contributed by atoms with E-state index >= 15 is 0 Å². The largest absolute Gasteiger partial charge is 0.248 e. The van der Waals surface area contributed by atoms with Gasteiger partial charge in [-0.25, -0.2) is 59.8 Å². The third-order valence-corrected chi connectivity index (χ3v) is 25.7. The van der Waals surface area contributed by atoms with Crippen LogP contribution in [0, 0.1) is 0 Å². The number of benzene rings is 16. The van der Waals surface area contributed by atoms with Crippen LogP contribution in [0.3, 0.4) is 0 Å². The summed E-state index contributed by atoms with van der Waals surface area (Å²) >= 11 is 0. The molecule has 16 aromatic carbocycles. The van der Waals surface area contributed by atoms with E-state index in [2.05, 4.69) is 328 Å². The second-order valence-electron chi connectivity index (χ2n) is 34.2. The van der Waals surface area contributed by atoms with Gasteiger partial charge in [0.05, 0.1) is 101 Å². The quantitative estimate of drug-likeness (QED) is 0.0952. The van der Waals surface area contributed by atoms with Gasteiger partial charge < -0.3 is 0 Å². The third-order valence-electron chi connectivity index (χ3n) is 25.7. The molecule has 632 valence electrons. The summed E-state index contributed by atoms with van der Waals surface area (Å²) in [6.07, 6.45) is 0. The van der Waals surface area contributed by atoms with E-state index in [1.54, 1.807) is 0 Å². The van der Waals surface area contributed by atoms with Gasteiger partial charge in [0, 0.05) is 98.7 Å². The lowest BCUT2D eigenvalue weighted by molar-refractivity contribution is 1.16. The van der Waals surface area contributed by atoms with Gasteiger partial charge in [-0.3, -0.25) is 0 Å². The van der Waals surface area contributed by atoms with Crippen molar-refractivity contribution >= 4 is 109 Å². The van der Waals surface area contributed by atoms with Gasteiger partial charge in [-0.15, -0.1) is 0 Å². The fourth-order valence-electron chi connectivity index (χ4n) is 18.6. The van der Waals surface area contributed by atoms with Crippen LogP contribution in [0.1, 0.15) is 0 Å². The fourth-order valence-corrected chi connectivity index (χ4v) is 18.6. The Labute approximate surface area is 782 Å². The minimum atomic E-state index is 0.575. The van der Waals surface area contributed by atoms with Gasteiger partial charge in [-0.05, 0) is 141 Å². The number of rotatable bonds is 14. The van der Waals surface area contributed by atoms with Crippen molar-refractivity contribution in [2.24, 2.45) is 0 Å². The number of fused-ring (bicyclic) bond motifs is 12. The van der Waals surface area contributed by atoms with Gasteiger partial charge in [-0.1, -0.05) is 364 Å². The Balaban J connectivity index is 0.000000145. The van der Waals surface area contributed by atoms with Crippen LogP contribution < -0.4 is 0 Å². The summed E-state index contributed by atoms with van der Waals surface area (Å²) in [7, 11) is 0. The molecule has 0 saturated heterocycles. The van der Waals surface area contributed by atoms with Crippen LogP contribution in [0.4, 0.5) is 0 Å². The van der Waals surface area contributed by atoms with Crippen molar-refractivity contribution in [3.05, 3.63) is 461 Å². The van der Waals surface area contributed by atoms with Crippen LogP contribution in [0.25, 0.3) is 267 Å². The van der Waals surface area contributed by atoms with Gasteiger partial charge in [0.15, 0.2) is 11.6 Å². The number of aromatic nitrogens is 12. The van der Waals surface area contributed by atoms with Gasteiger partial charge >= 0.3 is 0 Å². The standard InChI is InChI=1S/2C62H38N6/c1-4-12-39(13-5-1)52-33-28-44-22-23-45-29-34-54(66-61(45)60(44)65-52)51-31-30-48(49-18-10-11-19-50(49)51)46-24-20-42-26-32-53(63-56(42)36-46)47-25-21-43-27-35-55(64-57(43)37-47)62-67-58(40-14-6-2-7-15-40)38-59(68-62)41-16-8-3-9-17-41;1-4-10-39(11-5-1)52-31-28-44-18-19-45-29-32-54(66-61(45)60(44)65-52)50-25-23-46-34-47(21-22-48(46)35-50)49-20-16-42-26-30-53(63-56(42)36-49)51-24-17-43-27-33-55(64-57(43)37-51)62-67-58(40-12-6-2-7-13-40)38-59(68-62)41-14-8-3-9-15-41/h2*1-38H. The molecule has 0 aliphatic carbocycles. The highest BCUT2D eigenvalue weighted by atomic mass is 14.9. The Morgan fingerprint density at radius 3 is 0.721 bits per heavy atom. The molecular formula is C124H76N12. The summed E-state index contributed by atoms with van der Waals surface area (Å²) in [5, 5.41) is 13.1. The highest BCUT2D eigenvalue weighted by molar-refractivity contribution is 6.09. The Bertz CT molecular complexity index is 9120. The molecule has 0 aliphatic rings. The van der Waals surface area contributed by atoms with Crippen LogP contribution >= 0.6 is 0 Å². The number of pyridine rings is 8. The van der Waals surface area contributed by atoms with Crippen molar-refractivity contribution in [1.82, 2.24) is 59.8 Å². The summed E-state index contributed by atoms with van der Waals surface area (Å²) in [5.41, 5.74) is 32.3. The fraction of sp³-hybridized carbons (Fsp3) is 0. The van der Waals surface area contributed by atoms with Crippen LogP contribution in [-0.4, -0.2) is 59.8 Å². The SMILES string of the molecule is c1ccc(-c2cc(-c3ccccc3)nc(-c3ccc4ccc(-c5ccc6ccc(-c7ccc(-c8ccc9ccc%10ccc(-c%11ccccc%11)nc%10c9n8)c8ccccc78)cc6n5)cc4n3)n2)cc1.c1ccc(-c2cc(-c3ccccc3)nc(-c3ccc4ccc(-c5ccc6ccc(-c7ccc8cc(-c9ccc%10ccc%11ccc(-c%12ccccc%12)nc%11c%10n9)ccc8c7)cc6n5)cc4n3)n2)cc1. The van der Waals surface area contributed by atoms with E-state index in [9.17, 15) is 0 Å². The lowest BCUT2D eigenvalue weighted by Gasteiger charge is -2.13. The molecule has 0 amide bonds. The zero-order chi connectivity index (χ0) is 89.9. The first kappa shape index (κ1) is 79.6. The van der Waals surface area contributed by atoms with E-state index < -0.39 is 0 Å². The average Bonchev–Trinajstić information content (AvgIpc) is 0.754. The molecule has 0 spiro atoms. The number of hydrogen-bond donors (Lipinski definition) is 0. The molecule has 0 N–H and O–H groups in total. The Morgan fingerprint density at radius 1 is 0.110 bits per heavy atom. The zero-order valence-electron chi connectivity index (χ0n) is 73.2. The van der Waals surface area contributed by atoms with Crippen LogP contribution in [0.2, 0.25) is 0 Å². The van der Waals surface area contributed by atoms with Crippen molar-refractivity contribution in [2.45, 2.75) is 0 Å². The summed E-state index contributed by atoms with van der Waals surface area (Å²) in [6, 6.07) is 160. The molecule has 0 aliphatic heterocycles. The van der Waals surface area contributed by atoms with E-state index in [4.69, 9.17) is 59.8 Å². The van der Waals surface area contributed by atoms with Crippen molar-refractivity contribution in [2.75, 3.05) is 0 Å². The topological polar surface area (TPSA) is 155 Å². The van der Waals surface area contributed by atoms with E-state index in [0.29, 0.717) is 23.0 Å². The minimum absolute atomic E-state index is 0.575. The summed E-state index contributed by atoms with van der Waals surface area (Å²) in [6.45, 7) is 0. The molecule has 0 fully saturated rings. The Hall–Kier alpha value is -18.5. The van der Waals surface area contributed by atoms with Crippen molar-refractivity contribution < 1.29 is 0 Å². The number of nitrogens with zero attached hydrogens (tertiary/aromatic N) is 12. The lowest BCUT2D eigenvalue weighted by Crippen LogP contribution is -1.97. The Morgan fingerprint density at radius 2 is 0.338 bits per heavy atom. The van der Waals surface area contributed by atoms with Crippen LogP contribution in [0.5, 0.6) is 0 Å². The summed E-state index contributed by atoms with van der Waals surface area (Å²) in [5.74, 6) is 1.15. The first-order valence-corrected chi connectivity index (χ1v) is 45.5. The molecule has 12 heteroatoms. The van der Waals surface area contributed by atoms with Crippen LogP contribution in [0.15, 0.2) is 461 Å². The number of hydrogen-bond acceptors (Lipinski definition) is 12. The van der Waals surface area contributed by atoms with Crippen molar-refractivity contribution in [3.8, 4) is 158 Å². The second-order valence-corrected chi connectivity index (χ2v) is 34.2. The molecule has 10 aromatic heterocycles. The maximum absolute atomic E-state index is 5.33. The first-order valence-electron chi connectivity index (χ1n) is 45.5. The molecule has 0 bridgehead atoms. The lowest BCUT2D eigenvalue weighted by atomic mass is 9.93. The first-order chi connectivity index (χ1) is 67.3. The predicted octanol–water partition coefficient (Wildman–Crippen LogP) is 31.0. The van der Waals surface area contributed by atoms with E-state index in [-0.39, 0.29) is 0 Å². The highest BCUT2D eigenvalue weighted by Crippen LogP contribution is 2.42. The molecule has 136 heavy (non-hydrogen) atoms. The van der Waals surface area contributed by atoms with Gasteiger partial charge in [0.2, 0.25) is 0 Å². The van der Waals surface area contributed by atoms with Gasteiger partial charge in [0.1, 0.15) is 11.4 Å². The van der Waals surface area contributed by atoms with E-state index in [0.717, 1.165) is 244 Å². The van der Waals surface area contributed by atoms with Crippen molar-refractivity contribution in [1.29, 1.82) is 0 Å². The van der Waals surface area contributed by atoms with Gasteiger partial charge in [-0.2, -0.15) is 0 Å². The molecule has 0 atom stereocenters. The molecule has 10 heterocycles. The van der Waals surface area contributed by atoms with E-state index in [1.807, 2.05) is 133 Å². The third kappa shape index (κ3) is 15.4. The van der Waals surface area contributed by atoms with Crippen molar-refractivity contribution in [3.63, 3.8) is 0 Å². The maximum Gasteiger partial charge on any atom is 0.179 e. The second kappa shape index (κ2) is 34.1. The monoisotopic (exact) mass is 1730 g/mol. The zero-order valence-corrected chi connectivity index (χ0v) is 73.2. The smallest absolute Gasteiger partial charge is 0.179 e. The summed E-state index contributed by atoms with van der Waals surface area (Å²) < 4.78 is 0. The Kier molecular flexibility index (Phi) is 20.0. The molecule has 26 rings (SSSR count).